The minimum Gasteiger partial charge on any atom is -0.358 e. The molecule has 4 heteroatoms. The minimum atomic E-state index is -0.607. The average Bonchev–Trinajstić information content (AvgIpc) is 2.55. The number of fused-ring (bicyclic) bond motifs is 2. The topological polar surface area (TPSA) is 32.9 Å². The van der Waals surface area contributed by atoms with Crippen molar-refractivity contribution in [1.82, 2.24) is 4.98 Å². The lowest BCUT2D eigenvalue weighted by atomic mass is 9.93. The van der Waals surface area contributed by atoms with Crippen LogP contribution in [0.4, 0.5) is 8.78 Å². The third kappa shape index (κ3) is 2.25. The number of aromatic nitrogens is 1. The smallest absolute Gasteiger partial charge is 0.192 e. The van der Waals surface area contributed by atoms with E-state index in [1.54, 1.807) is 18.2 Å². The van der Waals surface area contributed by atoms with Crippen LogP contribution in [0.25, 0.3) is 22.0 Å². The Balaban J connectivity index is 1.97. The van der Waals surface area contributed by atoms with E-state index in [-0.39, 0.29) is 11.0 Å². The Labute approximate surface area is 131 Å². The van der Waals surface area contributed by atoms with Crippen LogP contribution in [-0.2, 0) is 12.8 Å². The molecule has 1 aliphatic carbocycles. The fraction of sp³-hybridized carbons (Fsp3) is 0.211. The van der Waals surface area contributed by atoms with E-state index < -0.39 is 11.6 Å². The molecule has 1 heterocycles. The third-order valence-electron chi connectivity index (χ3n) is 4.54. The Morgan fingerprint density at radius 2 is 1.70 bits per heavy atom. The summed E-state index contributed by atoms with van der Waals surface area (Å²) in [6.45, 7) is 0. The highest BCUT2D eigenvalue weighted by atomic mass is 19.1. The molecule has 0 unspecified atom stereocenters. The molecule has 2 aromatic carbocycles. The van der Waals surface area contributed by atoms with E-state index in [4.69, 9.17) is 0 Å². The van der Waals surface area contributed by atoms with Gasteiger partial charge in [0.05, 0.1) is 11.1 Å². The van der Waals surface area contributed by atoms with Crippen molar-refractivity contribution in [2.24, 2.45) is 0 Å². The summed E-state index contributed by atoms with van der Waals surface area (Å²) in [5, 5.41) is 0.575. The van der Waals surface area contributed by atoms with Gasteiger partial charge >= 0.3 is 0 Å². The molecule has 0 aliphatic heterocycles. The molecule has 0 bridgehead atoms. The van der Waals surface area contributed by atoms with E-state index in [0.717, 1.165) is 36.9 Å². The number of nitrogens with one attached hydrogen (secondary N) is 1. The second kappa shape index (κ2) is 5.30. The largest absolute Gasteiger partial charge is 0.358 e. The zero-order chi connectivity index (χ0) is 16.0. The summed E-state index contributed by atoms with van der Waals surface area (Å²) >= 11 is 0. The normalized spacial score (nSPS) is 14.0. The summed E-state index contributed by atoms with van der Waals surface area (Å²) in [6, 6.07) is 8.73. The lowest BCUT2D eigenvalue weighted by Crippen LogP contribution is -2.18. The van der Waals surface area contributed by atoms with Crippen LogP contribution in [0.5, 0.6) is 0 Å². The van der Waals surface area contributed by atoms with E-state index in [1.807, 2.05) is 0 Å². The Bertz CT molecular complexity index is 955. The molecule has 3 aromatic rings. The van der Waals surface area contributed by atoms with Crippen LogP contribution in [0.1, 0.15) is 24.1 Å². The molecule has 23 heavy (non-hydrogen) atoms. The van der Waals surface area contributed by atoms with Gasteiger partial charge in [0.15, 0.2) is 5.43 Å². The number of benzene rings is 2. The minimum absolute atomic E-state index is 0.0361. The Morgan fingerprint density at radius 1 is 0.957 bits per heavy atom. The molecule has 0 saturated carbocycles. The number of hydrogen-bond acceptors (Lipinski definition) is 1. The standard InChI is InChI=1S/C19H15F2NO/c20-14-5-3-6-15(21)18(14)11-8-9-13-17(10-11)22-16-7-2-1-4-12(16)19(13)23/h3,5-6,8-10H,1-2,4,7H2,(H,22,23). The Kier molecular flexibility index (Phi) is 3.26. The second-order valence-corrected chi connectivity index (χ2v) is 5.98. The lowest BCUT2D eigenvalue weighted by molar-refractivity contribution is 0.589. The summed E-state index contributed by atoms with van der Waals surface area (Å²) in [5.74, 6) is -1.21. The van der Waals surface area contributed by atoms with Crippen LogP contribution in [0.2, 0.25) is 0 Å². The highest BCUT2D eigenvalue weighted by molar-refractivity contribution is 5.85. The van der Waals surface area contributed by atoms with Gasteiger partial charge in [-0.2, -0.15) is 0 Å². The van der Waals surface area contributed by atoms with Crippen molar-refractivity contribution in [3.8, 4) is 11.1 Å². The Morgan fingerprint density at radius 3 is 2.48 bits per heavy atom. The Hall–Kier alpha value is -2.49. The summed E-state index contributed by atoms with van der Waals surface area (Å²) in [6.07, 6.45) is 3.72. The summed E-state index contributed by atoms with van der Waals surface area (Å²) in [4.78, 5) is 15.9. The molecule has 4 rings (SSSR count). The zero-order valence-electron chi connectivity index (χ0n) is 12.5. The molecule has 2 nitrogen and oxygen atoms in total. The van der Waals surface area contributed by atoms with Crippen LogP contribution < -0.4 is 5.43 Å². The molecule has 1 aliphatic rings. The van der Waals surface area contributed by atoms with Crippen LogP contribution in [-0.4, -0.2) is 4.98 Å². The number of rotatable bonds is 1. The van der Waals surface area contributed by atoms with Gasteiger partial charge in [-0.15, -0.1) is 0 Å². The second-order valence-electron chi connectivity index (χ2n) is 5.98. The van der Waals surface area contributed by atoms with Crippen LogP contribution in [0, 0.1) is 11.6 Å². The number of pyridine rings is 1. The van der Waals surface area contributed by atoms with Crippen molar-refractivity contribution in [3.05, 3.63) is 69.5 Å². The number of H-pyrrole nitrogens is 1. The number of aromatic amines is 1. The first kappa shape index (κ1) is 14.1. The molecule has 0 radical (unpaired) electrons. The molecule has 0 saturated heterocycles. The van der Waals surface area contributed by atoms with Crippen molar-refractivity contribution in [1.29, 1.82) is 0 Å². The lowest BCUT2D eigenvalue weighted by Gasteiger charge is -2.16. The van der Waals surface area contributed by atoms with Gasteiger partial charge in [-0.1, -0.05) is 12.1 Å². The van der Waals surface area contributed by atoms with E-state index >= 15 is 0 Å². The number of aryl methyl sites for hydroxylation is 1. The zero-order valence-corrected chi connectivity index (χ0v) is 12.5. The van der Waals surface area contributed by atoms with Gasteiger partial charge in [-0.3, -0.25) is 4.79 Å². The third-order valence-corrected chi connectivity index (χ3v) is 4.54. The van der Waals surface area contributed by atoms with Crippen LogP contribution in [0.3, 0.4) is 0 Å². The van der Waals surface area contributed by atoms with Crippen molar-refractivity contribution >= 4 is 10.9 Å². The highest BCUT2D eigenvalue weighted by Gasteiger charge is 2.17. The molecule has 1 aromatic heterocycles. The summed E-state index contributed by atoms with van der Waals surface area (Å²) < 4.78 is 28.0. The van der Waals surface area contributed by atoms with Gasteiger partial charge in [0.25, 0.3) is 0 Å². The molecule has 0 atom stereocenters. The fourth-order valence-corrected chi connectivity index (χ4v) is 3.39. The van der Waals surface area contributed by atoms with Gasteiger partial charge < -0.3 is 4.98 Å². The van der Waals surface area contributed by atoms with Gasteiger partial charge in [0.2, 0.25) is 0 Å². The van der Waals surface area contributed by atoms with Crippen molar-refractivity contribution in [3.63, 3.8) is 0 Å². The first-order valence-electron chi connectivity index (χ1n) is 7.77. The quantitative estimate of drug-likeness (QED) is 0.712. The fourth-order valence-electron chi connectivity index (χ4n) is 3.39. The van der Waals surface area contributed by atoms with Gasteiger partial charge in [-0.25, -0.2) is 8.78 Å². The van der Waals surface area contributed by atoms with Crippen molar-refractivity contribution in [2.75, 3.05) is 0 Å². The molecule has 0 fully saturated rings. The van der Waals surface area contributed by atoms with Crippen molar-refractivity contribution < 1.29 is 8.78 Å². The predicted octanol–water partition coefficient (Wildman–Crippen LogP) is 4.35. The first-order chi connectivity index (χ1) is 11.1. The molecular formula is C19H15F2NO. The van der Waals surface area contributed by atoms with Gasteiger partial charge in [-0.05, 0) is 55.5 Å². The van der Waals surface area contributed by atoms with Crippen molar-refractivity contribution in [2.45, 2.75) is 25.7 Å². The predicted molar refractivity (Wildman–Crippen MR) is 86.6 cm³/mol. The maximum atomic E-state index is 14.0. The molecule has 1 N–H and O–H groups in total. The summed E-state index contributed by atoms with van der Waals surface area (Å²) in [7, 11) is 0. The molecule has 0 spiro atoms. The molecule has 116 valence electrons. The molecule has 0 amide bonds. The van der Waals surface area contributed by atoms with E-state index in [9.17, 15) is 13.6 Å². The van der Waals surface area contributed by atoms with Crippen LogP contribution >= 0.6 is 0 Å². The van der Waals surface area contributed by atoms with E-state index in [0.29, 0.717) is 16.5 Å². The van der Waals surface area contributed by atoms with E-state index in [2.05, 4.69) is 4.98 Å². The average molecular weight is 311 g/mol. The van der Waals surface area contributed by atoms with Crippen LogP contribution in [0.15, 0.2) is 41.2 Å². The monoisotopic (exact) mass is 311 g/mol. The highest BCUT2D eigenvalue weighted by Crippen LogP contribution is 2.28. The first-order valence-corrected chi connectivity index (χ1v) is 7.77. The molecular weight excluding hydrogens is 296 g/mol. The van der Waals surface area contributed by atoms with E-state index in [1.165, 1.54) is 18.2 Å². The maximum absolute atomic E-state index is 14.0. The SMILES string of the molecule is O=c1c2c([nH]c3cc(-c4c(F)cccc4F)ccc13)CCCC2. The van der Waals surface area contributed by atoms with Gasteiger partial charge in [0, 0.05) is 16.6 Å². The number of hydrogen-bond donors (Lipinski definition) is 1. The summed E-state index contributed by atoms with van der Waals surface area (Å²) in [5.41, 5.74) is 2.85. The number of halogens is 2. The maximum Gasteiger partial charge on any atom is 0.192 e. The van der Waals surface area contributed by atoms with Gasteiger partial charge in [0.1, 0.15) is 11.6 Å².